The Morgan fingerprint density at radius 1 is 1.10 bits per heavy atom. The molecule has 1 aromatic heterocycles. The Kier molecular flexibility index (Phi) is 4.32. The number of pyridine rings is 1. The van der Waals surface area contributed by atoms with Crippen molar-refractivity contribution in [3.8, 4) is 22.8 Å². The van der Waals surface area contributed by atoms with Crippen LogP contribution in [0.25, 0.3) is 11.1 Å². The zero-order chi connectivity index (χ0) is 15.5. The van der Waals surface area contributed by atoms with E-state index < -0.39 is 13.0 Å². The van der Waals surface area contributed by atoms with E-state index in [0.717, 1.165) is 0 Å². The van der Waals surface area contributed by atoms with Crippen molar-refractivity contribution in [2.45, 2.75) is 13.0 Å². The molecule has 1 N–H and O–H groups in total. The summed E-state index contributed by atoms with van der Waals surface area (Å²) in [5, 5.41) is 9.34. The van der Waals surface area contributed by atoms with Crippen LogP contribution in [0.3, 0.4) is 0 Å². The minimum Gasteiger partial charge on any atom is -0.481 e. The fourth-order valence-corrected chi connectivity index (χ4v) is 1.86. The highest BCUT2D eigenvalue weighted by molar-refractivity contribution is 5.72. The molecule has 0 saturated heterocycles. The van der Waals surface area contributed by atoms with Crippen molar-refractivity contribution < 1.29 is 27.8 Å². The van der Waals surface area contributed by atoms with Gasteiger partial charge in [-0.25, -0.2) is 4.98 Å². The van der Waals surface area contributed by atoms with Gasteiger partial charge in [0.1, 0.15) is 5.75 Å². The summed E-state index contributed by atoms with van der Waals surface area (Å²) in [7, 11) is 1.41. The number of aliphatic hydroxyl groups excluding tert-OH is 1. The van der Waals surface area contributed by atoms with Crippen LogP contribution < -0.4 is 9.47 Å². The molecule has 2 rings (SSSR count). The van der Waals surface area contributed by atoms with Gasteiger partial charge in [-0.05, 0) is 12.1 Å². The van der Waals surface area contributed by atoms with Crippen LogP contribution in [-0.4, -0.2) is 23.6 Å². The van der Waals surface area contributed by atoms with E-state index in [0.29, 0.717) is 5.56 Å². The molecule has 7 heteroatoms. The number of aromatic nitrogens is 1. The van der Waals surface area contributed by atoms with E-state index in [1.54, 1.807) is 6.07 Å². The van der Waals surface area contributed by atoms with Crippen LogP contribution in [0, 0.1) is 0 Å². The highest BCUT2D eigenvalue weighted by atomic mass is 19.4. The largest absolute Gasteiger partial charge is 0.573 e. The fraction of sp³-hybridized carbons (Fsp3) is 0.214. The molecule has 0 atom stereocenters. The number of para-hydroxylation sites is 1. The number of halogens is 3. The first kappa shape index (κ1) is 15.1. The van der Waals surface area contributed by atoms with E-state index in [-0.39, 0.29) is 22.9 Å². The van der Waals surface area contributed by atoms with Crippen LogP contribution in [0.5, 0.6) is 11.6 Å². The normalized spacial score (nSPS) is 11.3. The first-order chi connectivity index (χ1) is 9.94. The molecule has 21 heavy (non-hydrogen) atoms. The molecule has 2 aromatic rings. The van der Waals surface area contributed by atoms with Gasteiger partial charge in [-0.1, -0.05) is 18.2 Å². The second-order valence-corrected chi connectivity index (χ2v) is 4.05. The van der Waals surface area contributed by atoms with E-state index in [2.05, 4.69) is 9.72 Å². The molecule has 0 amide bonds. The van der Waals surface area contributed by atoms with Gasteiger partial charge in [-0.15, -0.1) is 13.2 Å². The summed E-state index contributed by atoms with van der Waals surface area (Å²) >= 11 is 0. The SMILES string of the molecule is COc1ccc(-c2ccccc2OC(F)(F)F)c(CO)n1. The maximum Gasteiger partial charge on any atom is 0.573 e. The molecule has 4 nitrogen and oxygen atoms in total. The second kappa shape index (κ2) is 6.01. The lowest BCUT2D eigenvalue weighted by atomic mass is 10.0. The van der Waals surface area contributed by atoms with Crippen LogP contribution in [0.2, 0.25) is 0 Å². The lowest BCUT2D eigenvalue weighted by Crippen LogP contribution is -2.17. The summed E-state index contributed by atoms with van der Waals surface area (Å²) in [6.07, 6.45) is -4.80. The van der Waals surface area contributed by atoms with Crippen LogP contribution in [0.1, 0.15) is 5.69 Å². The van der Waals surface area contributed by atoms with Crippen molar-refractivity contribution in [3.05, 3.63) is 42.1 Å². The number of alkyl halides is 3. The molecule has 0 bridgehead atoms. The minimum atomic E-state index is -4.80. The van der Waals surface area contributed by atoms with Gasteiger partial charge in [-0.2, -0.15) is 0 Å². The Bertz CT molecular complexity index is 629. The molecule has 0 aliphatic carbocycles. The highest BCUT2D eigenvalue weighted by Crippen LogP contribution is 2.35. The summed E-state index contributed by atoms with van der Waals surface area (Å²) in [6, 6.07) is 8.69. The first-order valence-electron chi connectivity index (χ1n) is 5.94. The molecule has 0 aliphatic heterocycles. The van der Waals surface area contributed by atoms with Crippen LogP contribution in [0.15, 0.2) is 36.4 Å². The Morgan fingerprint density at radius 3 is 2.43 bits per heavy atom. The van der Waals surface area contributed by atoms with Crippen molar-refractivity contribution in [1.29, 1.82) is 0 Å². The third-order valence-electron chi connectivity index (χ3n) is 2.71. The molecule has 0 spiro atoms. The average Bonchev–Trinajstić information content (AvgIpc) is 2.45. The average molecular weight is 299 g/mol. The van der Waals surface area contributed by atoms with Crippen molar-refractivity contribution in [2.24, 2.45) is 0 Å². The number of aliphatic hydroxyl groups is 1. The zero-order valence-corrected chi connectivity index (χ0v) is 11.0. The van der Waals surface area contributed by atoms with E-state index in [1.807, 2.05) is 0 Å². The van der Waals surface area contributed by atoms with Crippen molar-refractivity contribution in [2.75, 3.05) is 7.11 Å². The number of rotatable bonds is 4. The summed E-state index contributed by atoms with van der Waals surface area (Å²) < 4.78 is 46.2. The van der Waals surface area contributed by atoms with Gasteiger partial charge in [0, 0.05) is 17.2 Å². The molecule has 0 fully saturated rings. The number of hydrogen-bond donors (Lipinski definition) is 1. The predicted molar refractivity (Wildman–Crippen MR) is 68.8 cm³/mol. The number of ether oxygens (including phenoxy) is 2. The quantitative estimate of drug-likeness (QED) is 0.942. The van der Waals surface area contributed by atoms with Crippen molar-refractivity contribution in [3.63, 3.8) is 0 Å². The highest BCUT2D eigenvalue weighted by Gasteiger charge is 2.32. The maximum absolute atomic E-state index is 12.4. The molecule has 1 heterocycles. The minimum absolute atomic E-state index is 0.189. The maximum atomic E-state index is 12.4. The Labute approximate surface area is 118 Å². The smallest absolute Gasteiger partial charge is 0.481 e. The van der Waals surface area contributed by atoms with Gasteiger partial charge in [-0.3, -0.25) is 0 Å². The van der Waals surface area contributed by atoms with Gasteiger partial charge in [0.05, 0.1) is 19.4 Å². The number of benzene rings is 1. The summed E-state index contributed by atoms with van der Waals surface area (Å²) in [5.41, 5.74) is 0.736. The Hall–Kier alpha value is -2.28. The molecule has 112 valence electrons. The molecular weight excluding hydrogens is 287 g/mol. The lowest BCUT2D eigenvalue weighted by Gasteiger charge is -2.15. The van der Waals surface area contributed by atoms with Gasteiger partial charge in [0.25, 0.3) is 0 Å². The monoisotopic (exact) mass is 299 g/mol. The van der Waals surface area contributed by atoms with E-state index in [1.165, 1.54) is 37.4 Å². The molecule has 0 radical (unpaired) electrons. The molecule has 0 saturated carbocycles. The van der Waals surface area contributed by atoms with Crippen LogP contribution in [-0.2, 0) is 6.61 Å². The van der Waals surface area contributed by atoms with Crippen LogP contribution >= 0.6 is 0 Å². The van der Waals surface area contributed by atoms with E-state index >= 15 is 0 Å². The number of methoxy groups -OCH3 is 1. The molecule has 0 unspecified atom stereocenters. The zero-order valence-electron chi connectivity index (χ0n) is 11.0. The standard InChI is InChI=1S/C14H12F3NO3/c1-20-13-7-6-9(11(8-19)18-13)10-4-2-3-5-12(10)21-14(15,16)17/h2-7,19H,8H2,1H3. The number of hydrogen-bond acceptors (Lipinski definition) is 4. The second-order valence-electron chi connectivity index (χ2n) is 4.05. The number of nitrogens with zero attached hydrogens (tertiary/aromatic N) is 1. The van der Waals surface area contributed by atoms with E-state index in [9.17, 15) is 18.3 Å². The van der Waals surface area contributed by atoms with Gasteiger partial charge < -0.3 is 14.6 Å². The van der Waals surface area contributed by atoms with Crippen LogP contribution in [0.4, 0.5) is 13.2 Å². The van der Waals surface area contributed by atoms with Crippen molar-refractivity contribution in [1.82, 2.24) is 4.98 Å². The molecule has 1 aromatic carbocycles. The third kappa shape index (κ3) is 3.63. The van der Waals surface area contributed by atoms with E-state index in [4.69, 9.17) is 4.74 Å². The summed E-state index contributed by atoms with van der Waals surface area (Å²) in [4.78, 5) is 4.01. The predicted octanol–water partition coefficient (Wildman–Crippen LogP) is 3.15. The summed E-state index contributed by atoms with van der Waals surface area (Å²) in [6.45, 7) is -0.438. The van der Waals surface area contributed by atoms with Gasteiger partial charge >= 0.3 is 6.36 Å². The third-order valence-corrected chi connectivity index (χ3v) is 2.71. The molecule has 0 aliphatic rings. The van der Waals surface area contributed by atoms with Gasteiger partial charge in [0.2, 0.25) is 5.88 Å². The fourth-order valence-electron chi connectivity index (χ4n) is 1.86. The first-order valence-corrected chi connectivity index (χ1v) is 5.94. The Balaban J connectivity index is 2.51. The van der Waals surface area contributed by atoms with Gasteiger partial charge in [0.15, 0.2) is 0 Å². The molecular formula is C14H12F3NO3. The van der Waals surface area contributed by atoms with Crippen molar-refractivity contribution >= 4 is 0 Å². The topological polar surface area (TPSA) is 51.6 Å². The Morgan fingerprint density at radius 2 is 1.81 bits per heavy atom. The lowest BCUT2D eigenvalue weighted by molar-refractivity contribution is -0.274. The summed E-state index contributed by atoms with van der Waals surface area (Å²) in [5.74, 6) is -0.0938.